The summed E-state index contributed by atoms with van der Waals surface area (Å²) >= 11 is 1.43. The summed E-state index contributed by atoms with van der Waals surface area (Å²) in [7, 11) is 0. The third-order valence-electron chi connectivity index (χ3n) is 4.84. The quantitative estimate of drug-likeness (QED) is 0.867. The van der Waals surface area contributed by atoms with Gasteiger partial charge in [0.25, 0.3) is 0 Å². The molecule has 3 heterocycles. The van der Waals surface area contributed by atoms with E-state index >= 15 is 0 Å². The van der Waals surface area contributed by atoms with Gasteiger partial charge in [0.1, 0.15) is 5.76 Å². The van der Waals surface area contributed by atoms with Crippen molar-refractivity contribution in [1.29, 1.82) is 0 Å². The van der Waals surface area contributed by atoms with Crippen molar-refractivity contribution < 1.29 is 14.1 Å². The van der Waals surface area contributed by atoms with E-state index in [0.717, 1.165) is 22.7 Å². The lowest BCUT2D eigenvalue weighted by molar-refractivity contribution is -0.134. The van der Waals surface area contributed by atoms with Gasteiger partial charge in [0.15, 0.2) is 5.13 Å². The van der Waals surface area contributed by atoms with E-state index in [1.807, 2.05) is 31.1 Å². The summed E-state index contributed by atoms with van der Waals surface area (Å²) in [4.78, 5) is 30.9. The first-order valence-electron chi connectivity index (χ1n) is 8.86. The molecular formula is C18H24N4O3S. The van der Waals surface area contributed by atoms with Crippen LogP contribution in [-0.4, -0.2) is 39.9 Å². The van der Waals surface area contributed by atoms with Crippen molar-refractivity contribution in [2.45, 2.75) is 46.5 Å². The number of rotatable bonds is 5. The molecule has 2 aromatic rings. The average Bonchev–Trinajstić information content (AvgIpc) is 3.18. The molecule has 8 heteroatoms. The summed E-state index contributed by atoms with van der Waals surface area (Å²) in [6.07, 6.45) is 2.46. The van der Waals surface area contributed by atoms with E-state index in [1.165, 1.54) is 11.3 Å². The molecule has 2 amide bonds. The molecule has 0 aromatic carbocycles. The second-order valence-electron chi connectivity index (χ2n) is 6.74. The maximum Gasteiger partial charge on any atom is 0.229 e. The third-order valence-corrected chi connectivity index (χ3v) is 5.71. The van der Waals surface area contributed by atoms with Gasteiger partial charge in [-0.25, -0.2) is 4.98 Å². The minimum atomic E-state index is -0.0641. The van der Waals surface area contributed by atoms with E-state index in [2.05, 4.69) is 15.5 Å². The fourth-order valence-corrected chi connectivity index (χ4v) is 3.95. The largest absolute Gasteiger partial charge is 0.361 e. The van der Waals surface area contributed by atoms with Crippen molar-refractivity contribution in [2.75, 3.05) is 18.4 Å². The zero-order valence-electron chi connectivity index (χ0n) is 15.4. The van der Waals surface area contributed by atoms with E-state index in [1.54, 1.807) is 0 Å². The zero-order chi connectivity index (χ0) is 18.7. The van der Waals surface area contributed by atoms with Crippen LogP contribution in [0.2, 0.25) is 0 Å². The molecule has 3 rings (SSSR count). The van der Waals surface area contributed by atoms with Gasteiger partial charge in [0.05, 0.1) is 11.4 Å². The van der Waals surface area contributed by atoms with Crippen LogP contribution in [0.25, 0.3) is 0 Å². The number of aromatic nitrogens is 2. The van der Waals surface area contributed by atoms with Crippen LogP contribution < -0.4 is 5.32 Å². The van der Waals surface area contributed by atoms with Crippen LogP contribution in [0, 0.1) is 26.7 Å². The molecule has 0 unspecified atom stereocenters. The monoisotopic (exact) mass is 376 g/mol. The molecule has 1 N–H and O–H groups in total. The number of piperidine rings is 1. The fraction of sp³-hybridized carbons (Fsp3) is 0.556. The Bertz CT molecular complexity index is 771. The van der Waals surface area contributed by atoms with Crippen LogP contribution in [0.5, 0.6) is 0 Å². The molecule has 140 valence electrons. The first-order valence-corrected chi connectivity index (χ1v) is 9.74. The van der Waals surface area contributed by atoms with Crippen LogP contribution in [-0.2, 0) is 16.0 Å². The number of thiazole rings is 1. The van der Waals surface area contributed by atoms with Crippen LogP contribution >= 0.6 is 11.3 Å². The van der Waals surface area contributed by atoms with Crippen LogP contribution in [0.4, 0.5) is 5.13 Å². The number of anilines is 1. The van der Waals surface area contributed by atoms with E-state index in [-0.39, 0.29) is 17.7 Å². The Morgan fingerprint density at radius 1 is 1.31 bits per heavy atom. The maximum absolute atomic E-state index is 12.5. The van der Waals surface area contributed by atoms with E-state index in [4.69, 9.17) is 4.52 Å². The Hall–Kier alpha value is -2.22. The Kier molecular flexibility index (Phi) is 5.70. The number of nitrogens with zero attached hydrogens (tertiary/aromatic N) is 3. The summed E-state index contributed by atoms with van der Waals surface area (Å²) < 4.78 is 5.14. The summed E-state index contributed by atoms with van der Waals surface area (Å²) in [5.41, 5.74) is 2.78. The highest BCUT2D eigenvalue weighted by molar-refractivity contribution is 7.13. The molecule has 7 nitrogen and oxygen atoms in total. The summed E-state index contributed by atoms with van der Waals surface area (Å²) in [6.45, 7) is 6.90. The van der Waals surface area contributed by atoms with Gasteiger partial charge in [0.2, 0.25) is 11.8 Å². The van der Waals surface area contributed by atoms with Crippen molar-refractivity contribution in [3.8, 4) is 0 Å². The molecule has 0 spiro atoms. The summed E-state index contributed by atoms with van der Waals surface area (Å²) in [5, 5.41) is 9.36. The van der Waals surface area contributed by atoms with Gasteiger partial charge in [-0.1, -0.05) is 5.16 Å². The highest BCUT2D eigenvalue weighted by Crippen LogP contribution is 2.22. The number of carbonyl (C=O) groups excluding carboxylic acids is 2. The molecule has 1 fully saturated rings. The molecule has 26 heavy (non-hydrogen) atoms. The van der Waals surface area contributed by atoms with Gasteiger partial charge in [-0.2, -0.15) is 0 Å². The smallest absolute Gasteiger partial charge is 0.229 e. The first kappa shape index (κ1) is 18.6. The predicted molar refractivity (Wildman–Crippen MR) is 99.1 cm³/mol. The van der Waals surface area contributed by atoms with Crippen LogP contribution in [0.1, 0.15) is 42.0 Å². The maximum atomic E-state index is 12.5. The van der Waals surface area contributed by atoms with Crippen molar-refractivity contribution in [2.24, 2.45) is 5.92 Å². The third kappa shape index (κ3) is 4.30. The van der Waals surface area contributed by atoms with Crippen LogP contribution in [0.15, 0.2) is 9.90 Å². The van der Waals surface area contributed by atoms with Crippen molar-refractivity contribution in [1.82, 2.24) is 15.0 Å². The number of aryl methyl sites for hydroxylation is 3. The number of likely N-dealkylation sites (tertiary alicyclic amines) is 1. The number of nitrogens with one attached hydrogen (secondary N) is 1. The minimum Gasteiger partial charge on any atom is -0.361 e. The van der Waals surface area contributed by atoms with Gasteiger partial charge in [-0.15, -0.1) is 11.3 Å². The minimum absolute atomic E-state index is 0.00201. The molecule has 0 atom stereocenters. The molecule has 1 aliphatic heterocycles. The molecular weight excluding hydrogens is 352 g/mol. The number of carbonyl (C=O) groups is 2. The fourth-order valence-electron chi connectivity index (χ4n) is 3.26. The molecule has 1 saturated heterocycles. The zero-order valence-corrected chi connectivity index (χ0v) is 16.2. The lowest BCUT2D eigenvalue weighted by atomic mass is 9.95. The second-order valence-corrected chi connectivity index (χ2v) is 7.60. The molecule has 2 aromatic heterocycles. The van der Waals surface area contributed by atoms with Gasteiger partial charge in [0, 0.05) is 36.4 Å². The van der Waals surface area contributed by atoms with Crippen molar-refractivity contribution >= 4 is 28.3 Å². The number of hydrogen-bond acceptors (Lipinski definition) is 6. The molecule has 0 radical (unpaired) electrons. The Morgan fingerprint density at radius 3 is 2.62 bits per heavy atom. The van der Waals surface area contributed by atoms with Crippen molar-refractivity contribution in [3.63, 3.8) is 0 Å². The SMILES string of the molecule is Cc1csc(NC(=O)C2CCN(C(=O)CCc3c(C)noc3C)CC2)n1. The molecule has 0 saturated carbocycles. The lowest BCUT2D eigenvalue weighted by Gasteiger charge is -2.31. The van der Waals surface area contributed by atoms with E-state index in [0.29, 0.717) is 43.9 Å². The van der Waals surface area contributed by atoms with Crippen LogP contribution in [0.3, 0.4) is 0 Å². The molecule has 0 bridgehead atoms. The van der Waals surface area contributed by atoms with Crippen molar-refractivity contribution in [3.05, 3.63) is 28.1 Å². The van der Waals surface area contributed by atoms with E-state index < -0.39 is 0 Å². The van der Waals surface area contributed by atoms with Gasteiger partial charge >= 0.3 is 0 Å². The average molecular weight is 376 g/mol. The standard InChI is InChI=1S/C18H24N4O3S/c1-11-10-26-18(19-11)20-17(24)14-6-8-22(9-7-14)16(23)5-4-15-12(2)21-25-13(15)3/h10,14H,4-9H2,1-3H3,(H,19,20,24). The highest BCUT2D eigenvalue weighted by Gasteiger charge is 2.27. The normalized spacial score (nSPS) is 15.3. The Balaban J connectivity index is 1.45. The Morgan fingerprint density at radius 2 is 2.04 bits per heavy atom. The number of amides is 2. The summed E-state index contributed by atoms with van der Waals surface area (Å²) in [6, 6.07) is 0. The Labute approximate surface area is 156 Å². The highest BCUT2D eigenvalue weighted by atomic mass is 32.1. The molecule has 0 aliphatic carbocycles. The summed E-state index contributed by atoms with van der Waals surface area (Å²) in [5.74, 6) is 0.843. The molecule has 1 aliphatic rings. The topological polar surface area (TPSA) is 88.3 Å². The van der Waals surface area contributed by atoms with Gasteiger partial charge in [-0.05, 0) is 40.0 Å². The predicted octanol–water partition coefficient (Wildman–Crippen LogP) is 2.87. The first-order chi connectivity index (χ1) is 12.4. The van der Waals surface area contributed by atoms with E-state index in [9.17, 15) is 9.59 Å². The lowest BCUT2D eigenvalue weighted by Crippen LogP contribution is -2.41. The van der Waals surface area contributed by atoms with Gasteiger partial charge in [-0.3, -0.25) is 9.59 Å². The second kappa shape index (κ2) is 7.99. The number of hydrogen-bond donors (Lipinski definition) is 1. The van der Waals surface area contributed by atoms with Gasteiger partial charge < -0.3 is 14.7 Å².